The van der Waals surface area contributed by atoms with E-state index in [9.17, 15) is 0 Å². The monoisotopic (exact) mass is 309 g/mol. The molecule has 0 aliphatic heterocycles. The highest BCUT2D eigenvalue weighted by Gasteiger charge is 2.13. The first kappa shape index (κ1) is 12.6. The van der Waals surface area contributed by atoms with Crippen LogP contribution in [0.1, 0.15) is 0 Å². The quantitative estimate of drug-likeness (QED) is 0.656. The Bertz CT molecular complexity index is 760. The topological polar surface area (TPSA) is 38.7 Å². The van der Waals surface area contributed by atoms with Crippen molar-refractivity contribution in [1.82, 2.24) is 15.2 Å². The third-order valence-corrected chi connectivity index (χ3v) is 3.68. The summed E-state index contributed by atoms with van der Waals surface area (Å²) in [6.45, 7) is 0. The van der Waals surface area contributed by atoms with E-state index in [1.54, 1.807) is 18.3 Å². The fourth-order valence-corrected chi connectivity index (χ4v) is 2.33. The molecule has 94 valence electrons. The average molecular weight is 311 g/mol. The highest BCUT2D eigenvalue weighted by molar-refractivity contribution is 6.43. The summed E-state index contributed by atoms with van der Waals surface area (Å²) in [5.74, 6) is 0. The highest BCUT2D eigenvalue weighted by Crippen LogP contribution is 2.34. The smallest absolute Gasteiger partial charge is 0.159 e. The Morgan fingerprint density at radius 2 is 1.58 bits per heavy atom. The van der Waals surface area contributed by atoms with Gasteiger partial charge in [-0.15, -0.1) is 10.2 Å². The van der Waals surface area contributed by atoms with E-state index in [1.165, 1.54) is 0 Å². The van der Waals surface area contributed by atoms with Gasteiger partial charge in [-0.05, 0) is 24.3 Å². The van der Waals surface area contributed by atoms with Crippen molar-refractivity contribution in [2.24, 2.45) is 0 Å². The lowest BCUT2D eigenvalue weighted by molar-refractivity contribution is 1.05. The van der Waals surface area contributed by atoms with Gasteiger partial charge in [0.2, 0.25) is 0 Å². The first-order chi connectivity index (χ1) is 9.16. The number of nitrogens with zero attached hydrogens (tertiary/aromatic N) is 3. The maximum atomic E-state index is 6.06. The Morgan fingerprint density at radius 3 is 2.26 bits per heavy atom. The van der Waals surface area contributed by atoms with Gasteiger partial charge in [-0.3, -0.25) is 4.98 Å². The summed E-state index contributed by atoms with van der Waals surface area (Å²) in [7, 11) is 0. The van der Waals surface area contributed by atoms with Crippen molar-refractivity contribution in [2.45, 2.75) is 0 Å². The molecule has 0 bridgehead atoms. The standard InChI is InChI=1S/C13H6Cl3N3/c14-9-5-7-8(6-10(9)15)13(16)19-18-12(7)11-3-1-2-4-17-11/h1-6H. The second-order valence-electron chi connectivity index (χ2n) is 3.87. The Morgan fingerprint density at radius 1 is 0.842 bits per heavy atom. The number of rotatable bonds is 1. The summed E-state index contributed by atoms with van der Waals surface area (Å²) in [6.07, 6.45) is 1.69. The van der Waals surface area contributed by atoms with Crippen molar-refractivity contribution in [3.05, 3.63) is 51.7 Å². The van der Waals surface area contributed by atoms with E-state index < -0.39 is 0 Å². The van der Waals surface area contributed by atoms with Gasteiger partial charge in [0.25, 0.3) is 0 Å². The Labute approximate surface area is 124 Å². The number of fused-ring (bicyclic) bond motifs is 1. The molecule has 2 aromatic heterocycles. The fraction of sp³-hybridized carbons (Fsp3) is 0. The number of aromatic nitrogens is 3. The van der Waals surface area contributed by atoms with Crippen LogP contribution in [0.4, 0.5) is 0 Å². The van der Waals surface area contributed by atoms with Gasteiger partial charge in [0.1, 0.15) is 5.69 Å². The van der Waals surface area contributed by atoms with Gasteiger partial charge in [0.15, 0.2) is 5.15 Å². The molecular formula is C13H6Cl3N3. The average Bonchev–Trinajstić information content (AvgIpc) is 2.42. The van der Waals surface area contributed by atoms with Crippen LogP contribution in [-0.2, 0) is 0 Å². The van der Waals surface area contributed by atoms with Gasteiger partial charge in [-0.2, -0.15) is 0 Å². The van der Waals surface area contributed by atoms with Gasteiger partial charge in [0, 0.05) is 17.0 Å². The van der Waals surface area contributed by atoms with Gasteiger partial charge in [-0.1, -0.05) is 40.9 Å². The molecule has 0 N–H and O–H groups in total. The molecule has 19 heavy (non-hydrogen) atoms. The van der Waals surface area contributed by atoms with E-state index in [0.29, 0.717) is 26.8 Å². The molecule has 0 unspecified atom stereocenters. The van der Waals surface area contributed by atoms with E-state index in [2.05, 4.69) is 15.2 Å². The Balaban J connectivity index is 2.38. The van der Waals surface area contributed by atoms with Crippen molar-refractivity contribution in [1.29, 1.82) is 0 Å². The summed E-state index contributed by atoms with van der Waals surface area (Å²) in [5, 5.41) is 10.7. The molecule has 3 aromatic rings. The minimum absolute atomic E-state index is 0.285. The molecule has 0 fully saturated rings. The molecule has 0 saturated heterocycles. The SMILES string of the molecule is Clc1cc2c(Cl)nnc(-c3ccccn3)c2cc1Cl. The fourth-order valence-electron chi connectivity index (χ4n) is 1.81. The summed E-state index contributed by atoms with van der Waals surface area (Å²) in [5.41, 5.74) is 1.33. The molecule has 6 heteroatoms. The van der Waals surface area contributed by atoms with Crippen LogP contribution in [0.2, 0.25) is 15.2 Å². The molecular weight excluding hydrogens is 305 g/mol. The summed E-state index contributed by atoms with van der Waals surface area (Å²) < 4.78 is 0. The number of benzene rings is 1. The van der Waals surface area contributed by atoms with Gasteiger partial charge >= 0.3 is 0 Å². The zero-order valence-electron chi connectivity index (χ0n) is 9.44. The number of hydrogen-bond acceptors (Lipinski definition) is 3. The van der Waals surface area contributed by atoms with Crippen LogP contribution >= 0.6 is 34.8 Å². The third-order valence-electron chi connectivity index (χ3n) is 2.68. The lowest BCUT2D eigenvalue weighted by Gasteiger charge is -2.07. The second-order valence-corrected chi connectivity index (χ2v) is 5.04. The van der Waals surface area contributed by atoms with Crippen LogP contribution < -0.4 is 0 Å². The van der Waals surface area contributed by atoms with Crippen molar-refractivity contribution < 1.29 is 0 Å². The zero-order valence-corrected chi connectivity index (χ0v) is 11.7. The van der Waals surface area contributed by atoms with E-state index in [-0.39, 0.29) is 5.15 Å². The summed E-state index contributed by atoms with van der Waals surface area (Å²) in [6, 6.07) is 8.97. The van der Waals surface area contributed by atoms with Crippen LogP contribution in [0, 0.1) is 0 Å². The van der Waals surface area contributed by atoms with Gasteiger partial charge in [-0.25, -0.2) is 0 Å². The predicted molar refractivity (Wildman–Crippen MR) is 77.8 cm³/mol. The van der Waals surface area contributed by atoms with E-state index in [0.717, 1.165) is 5.39 Å². The zero-order chi connectivity index (χ0) is 13.4. The minimum atomic E-state index is 0.285. The maximum absolute atomic E-state index is 6.06. The second kappa shape index (κ2) is 4.93. The molecule has 0 aliphatic carbocycles. The first-order valence-corrected chi connectivity index (χ1v) is 6.52. The molecule has 3 nitrogen and oxygen atoms in total. The Hall–Kier alpha value is -1.42. The molecule has 3 rings (SSSR count). The Kier molecular flexibility index (Phi) is 3.27. The van der Waals surface area contributed by atoms with Gasteiger partial charge < -0.3 is 0 Å². The lowest BCUT2D eigenvalue weighted by Crippen LogP contribution is -1.93. The molecule has 0 atom stereocenters. The predicted octanol–water partition coefficient (Wildman–Crippen LogP) is 4.65. The normalized spacial score (nSPS) is 10.9. The number of pyridine rings is 1. The van der Waals surface area contributed by atoms with Crippen LogP contribution in [-0.4, -0.2) is 15.2 Å². The van der Waals surface area contributed by atoms with Crippen molar-refractivity contribution in [3.8, 4) is 11.4 Å². The third kappa shape index (κ3) is 2.25. The van der Waals surface area contributed by atoms with Crippen LogP contribution in [0.3, 0.4) is 0 Å². The molecule has 1 aromatic carbocycles. The van der Waals surface area contributed by atoms with E-state index in [4.69, 9.17) is 34.8 Å². The van der Waals surface area contributed by atoms with E-state index >= 15 is 0 Å². The molecule has 0 radical (unpaired) electrons. The molecule has 0 amide bonds. The maximum Gasteiger partial charge on any atom is 0.159 e. The number of hydrogen-bond donors (Lipinski definition) is 0. The van der Waals surface area contributed by atoms with Crippen LogP contribution in [0.15, 0.2) is 36.5 Å². The largest absolute Gasteiger partial charge is 0.255 e. The first-order valence-electron chi connectivity index (χ1n) is 5.39. The molecule has 2 heterocycles. The van der Waals surface area contributed by atoms with Crippen molar-refractivity contribution >= 4 is 45.6 Å². The number of halogens is 3. The van der Waals surface area contributed by atoms with Crippen molar-refractivity contribution in [2.75, 3.05) is 0 Å². The van der Waals surface area contributed by atoms with Gasteiger partial charge in [0.05, 0.1) is 15.7 Å². The molecule has 0 saturated carbocycles. The lowest BCUT2D eigenvalue weighted by atomic mass is 10.1. The van der Waals surface area contributed by atoms with E-state index in [1.807, 2.05) is 18.2 Å². The highest BCUT2D eigenvalue weighted by atomic mass is 35.5. The summed E-state index contributed by atoms with van der Waals surface area (Å²) in [4.78, 5) is 4.26. The van der Waals surface area contributed by atoms with Crippen molar-refractivity contribution in [3.63, 3.8) is 0 Å². The summed E-state index contributed by atoms with van der Waals surface area (Å²) >= 11 is 18.1. The molecule has 0 spiro atoms. The van der Waals surface area contributed by atoms with Crippen LogP contribution in [0.5, 0.6) is 0 Å². The molecule has 0 aliphatic rings. The van der Waals surface area contributed by atoms with Crippen LogP contribution in [0.25, 0.3) is 22.2 Å². The minimum Gasteiger partial charge on any atom is -0.255 e.